The molecule has 1 rings (SSSR count). The van der Waals surface area contributed by atoms with E-state index in [-0.39, 0.29) is 18.5 Å². The minimum Gasteiger partial charge on any atom is -0.495 e. The molecule has 0 bridgehead atoms. The second-order valence-corrected chi connectivity index (χ2v) is 5.97. The summed E-state index contributed by atoms with van der Waals surface area (Å²) in [6, 6.07) is 1.62. The molecule has 0 aliphatic carbocycles. The van der Waals surface area contributed by atoms with Gasteiger partial charge >= 0.3 is 5.97 Å². The van der Waals surface area contributed by atoms with Crippen LogP contribution in [0.5, 0.6) is 5.75 Å². The standard InChI is InChI=1S/C18H24N4O6/c1-11(2)28-18(25)15(14(23)6-5-9-21-19)22-17(24)16(27-4)13-8-7-12(26-3)10-20-13/h7-11,15-16H,5-6H2,1-4H3,(H,22,24)/t15-,16-/m0/s1. The molecule has 152 valence electrons. The van der Waals surface area contributed by atoms with E-state index in [9.17, 15) is 14.4 Å². The second kappa shape index (κ2) is 11.6. The van der Waals surface area contributed by atoms with Crippen molar-refractivity contribution >= 4 is 23.9 Å². The molecule has 0 aliphatic heterocycles. The second-order valence-electron chi connectivity index (χ2n) is 5.97. The van der Waals surface area contributed by atoms with Gasteiger partial charge in [-0.15, -0.1) is 0 Å². The van der Waals surface area contributed by atoms with Crippen molar-refractivity contribution in [2.45, 2.75) is 44.9 Å². The van der Waals surface area contributed by atoms with E-state index in [2.05, 4.69) is 15.1 Å². The number of amides is 1. The molecule has 2 atom stereocenters. The van der Waals surface area contributed by atoms with E-state index in [0.717, 1.165) is 6.21 Å². The van der Waals surface area contributed by atoms with Crippen LogP contribution < -0.4 is 10.1 Å². The fraction of sp³-hybridized carbons (Fsp3) is 0.500. The van der Waals surface area contributed by atoms with Crippen LogP contribution in [-0.2, 0) is 23.9 Å². The van der Waals surface area contributed by atoms with Crippen molar-refractivity contribution in [3.05, 3.63) is 29.6 Å². The van der Waals surface area contributed by atoms with Gasteiger partial charge in [0.05, 0.1) is 25.1 Å². The maximum Gasteiger partial charge on any atom is 0.336 e. The molecule has 1 aromatic heterocycles. The van der Waals surface area contributed by atoms with Gasteiger partial charge in [0.15, 0.2) is 17.9 Å². The monoisotopic (exact) mass is 392 g/mol. The molecule has 1 aromatic rings. The van der Waals surface area contributed by atoms with Gasteiger partial charge in [0.1, 0.15) is 5.75 Å². The number of ketones is 1. The van der Waals surface area contributed by atoms with Crippen molar-refractivity contribution in [1.82, 2.24) is 10.3 Å². The third kappa shape index (κ3) is 6.90. The predicted molar refractivity (Wildman–Crippen MR) is 97.6 cm³/mol. The highest BCUT2D eigenvalue weighted by Gasteiger charge is 2.33. The molecule has 0 radical (unpaired) electrons. The van der Waals surface area contributed by atoms with E-state index in [1.54, 1.807) is 19.9 Å². The van der Waals surface area contributed by atoms with Crippen LogP contribution >= 0.6 is 0 Å². The van der Waals surface area contributed by atoms with Crippen LogP contribution in [-0.4, -0.2) is 60.0 Å². The lowest BCUT2D eigenvalue weighted by molar-refractivity contribution is -0.155. The van der Waals surface area contributed by atoms with E-state index in [1.165, 1.54) is 26.5 Å². The lowest BCUT2D eigenvalue weighted by Crippen LogP contribution is -2.49. The Morgan fingerprint density at radius 3 is 2.50 bits per heavy atom. The van der Waals surface area contributed by atoms with E-state index < -0.39 is 35.9 Å². The van der Waals surface area contributed by atoms with Crippen LogP contribution in [0, 0.1) is 0 Å². The van der Waals surface area contributed by atoms with Gasteiger partial charge in [-0.3, -0.25) is 14.6 Å². The Hall–Kier alpha value is -3.10. The number of carbonyl (C=O) groups excluding carboxylic acids is 3. The van der Waals surface area contributed by atoms with E-state index in [1.807, 2.05) is 0 Å². The Kier molecular flexibility index (Phi) is 9.49. The third-order valence-corrected chi connectivity index (χ3v) is 3.54. The summed E-state index contributed by atoms with van der Waals surface area (Å²) in [4.78, 5) is 44.2. The number of pyridine rings is 1. The van der Waals surface area contributed by atoms with Crippen molar-refractivity contribution in [1.29, 1.82) is 0 Å². The molecule has 1 N–H and O–H groups in total. The zero-order valence-electron chi connectivity index (χ0n) is 16.2. The Balaban J connectivity index is 2.98. The SMILES string of the molecule is COc1ccc([C@H](OC)C(=O)N[C@@H](C(=O)CCC=[N+]=[N-])C(=O)OC(C)C)nc1. The summed E-state index contributed by atoms with van der Waals surface area (Å²) in [5.41, 5.74) is 8.70. The number of esters is 1. The Morgan fingerprint density at radius 2 is 2.00 bits per heavy atom. The van der Waals surface area contributed by atoms with Crippen molar-refractivity contribution in [3.63, 3.8) is 0 Å². The van der Waals surface area contributed by atoms with Gasteiger partial charge in [-0.2, -0.15) is 4.79 Å². The summed E-state index contributed by atoms with van der Waals surface area (Å²) < 4.78 is 15.3. The van der Waals surface area contributed by atoms with Crippen LogP contribution in [0.4, 0.5) is 0 Å². The smallest absolute Gasteiger partial charge is 0.336 e. The molecule has 10 nitrogen and oxygen atoms in total. The van der Waals surface area contributed by atoms with Gasteiger partial charge in [-0.1, -0.05) is 0 Å². The van der Waals surface area contributed by atoms with Gasteiger partial charge in [0.2, 0.25) is 0 Å². The van der Waals surface area contributed by atoms with Gasteiger partial charge < -0.3 is 25.1 Å². The molecular weight excluding hydrogens is 368 g/mol. The third-order valence-electron chi connectivity index (χ3n) is 3.54. The first-order valence-electron chi connectivity index (χ1n) is 8.56. The predicted octanol–water partition coefficient (Wildman–Crippen LogP) is 0.864. The number of hydrogen-bond acceptors (Lipinski definition) is 7. The van der Waals surface area contributed by atoms with Crippen molar-refractivity contribution in [2.24, 2.45) is 0 Å². The average molecular weight is 392 g/mol. The molecule has 1 amide bonds. The zero-order chi connectivity index (χ0) is 21.1. The van der Waals surface area contributed by atoms with Crippen molar-refractivity contribution in [3.8, 4) is 5.75 Å². The number of ether oxygens (including phenoxy) is 3. The number of aromatic nitrogens is 1. The highest BCUT2D eigenvalue weighted by Crippen LogP contribution is 2.18. The molecule has 28 heavy (non-hydrogen) atoms. The number of nitrogens with zero attached hydrogens (tertiary/aromatic N) is 3. The van der Waals surface area contributed by atoms with Crippen LogP contribution in [0.3, 0.4) is 0 Å². The Bertz CT molecular complexity index is 728. The van der Waals surface area contributed by atoms with E-state index >= 15 is 0 Å². The summed E-state index contributed by atoms with van der Waals surface area (Å²) in [5.74, 6) is -1.70. The van der Waals surface area contributed by atoms with Crippen molar-refractivity contribution < 1.29 is 33.4 Å². The van der Waals surface area contributed by atoms with Gasteiger partial charge in [-0.05, 0) is 26.0 Å². The highest BCUT2D eigenvalue weighted by molar-refractivity contribution is 6.06. The van der Waals surface area contributed by atoms with Crippen LogP contribution in [0.2, 0.25) is 0 Å². The lowest BCUT2D eigenvalue weighted by atomic mass is 10.1. The number of carbonyl (C=O) groups is 3. The lowest BCUT2D eigenvalue weighted by Gasteiger charge is -2.21. The normalized spacial score (nSPS) is 12.5. The molecule has 0 aliphatic rings. The van der Waals surface area contributed by atoms with Gasteiger partial charge in [0.25, 0.3) is 12.1 Å². The summed E-state index contributed by atoms with van der Waals surface area (Å²) in [5, 5.41) is 2.36. The Labute approximate surface area is 162 Å². The average Bonchev–Trinajstić information content (AvgIpc) is 2.66. The molecule has 0 saturated carbocycles. The molecule has 0 saturated heterocycles. The van der Waals surface area contributed by atoms with Gasteiger partial charge in [0, 0.05) is 20.0 Å². The van der Waals surface area contributed by atoms with Gasteiger partial charge in [-0.25, -0.2) is 4.79 Å². The van der Waals surface area contributed by atoms with Crippen LogP contribution in [0.1, 0.15) is 38.5 Å². The Morgan fingerprint density at radius 1 is 1.29 bits per heavy atom. The number of hydrogen-bond donors (Lipinski definition) is 1. The summed E-state index contributed by atoms with van der Waals surface area (Å²) in [6.45, 7) is 3.25. The topological polar surface area (TPSA) is 140 Å². The van der Waals surface area contributed by atoms with Crippen LogP contribution in [0.15, 0.2) is 18.3 Å². The first-order valence-corrected chi connectivity index (χ1v) is 8.56. The van der Waals surface area contributed by atoms with Crippen LogP contribution in [0.25, 0.3) is 5.53 Å². The first kappa shape index (κ1) is 22.9. The number of Topliss-reactive ketones (excluding diaryl/α,β-unsaturated/α-hetero) is 1. The van der Waals surface area contributed by atoms with E-state index in [4.69, 9.17) is 19.7 Å². The first-order chi connectivity index (χ1) is 13.3. The number of rotatable bonds is 11. The summed E-state index contributed by atoms with van der Waals surface area (Å²) in [6.07, 6.45) is 0.889. The number of nitrogens with one attached hydrogen (secondary N) is 1. The maximum atomic E-state index is 12.6. The molecule has 0 aromatic carbocycles. The maximum absolute atomic E-state index is 12.6. The van der Waals surface area contributed by atoms with Crippen molar-refractivity contribution in [2.75, 3.05) is 14.2 Å². The molecule has 0 spiro atoms. The largest absolute Gasteiger partial charge is 0.495 e. The molecule has 1 heterocycles. The van der Waals surface area contributed by atoms with E-state index in [0.29, 0.717) is 5.75 Å². The molecule has 10 heteroatoms. The quantitative estimate of drug-likeness (QED) is 0.194. The fourth-order valence-corrected chi connectivity index (χ4v) is 2.23. The summed E-state index contributed by atoms with van der Waals surface area (Å²) in [7, 11) is 2.78. The highest BCUT2D eigenvalue weighted by atomic mass is 16.5. The summed E-state index contributed by atoms with van der Waals surface area (Å²) >= 11 is 0. The fourth-order valence-electron chi connectivity index (χ4n) is 2.23. The molecule has 0 unspecified atom stereocenters. The minimum atomic E-state index is -1.52. The minimum absolute atomic E-state index is 0.102. The zero-order valence-corrected chi connectivity index (χ0v) is 16.2. The molecule has 0 fully saturated rings. The number of methoxy groups -OCH3 is 2. The molecular formula is C18H24N4O6.